The first-order valence-electron chi connectivity index (χ1n) is 9.96. The molecule has 0 aliphatic heterocycles. The summed E-state index contributed by atoms with van der Waals surface area (Å²) in [6.45, 7) is 0. The van der Waals surface area contributed by atoms with Gasteiger partial charge < -0.3 is 0 Å². The molecule has 5 heteroatoms. The third-order valence-electron chi connectivity index (χ3n) is 4.56. The molecule has 0 aromatic heterocycles. The summed E-state index contributed by atoms with van der Waals surface area (Å²) in [5.74, 6) is 0. The largest absolute Gasteiger partial charge is 0.0778 e. The summed E-state index contributed by atoms with van der Waals surface area (Å²) >= 11 is 21.5. The summed E-state index contributed by atoms with van der Waals surface area (Å²) < 4.78 is 0. The zero-order valence-corrected chi connectivity index (χ0v) is 22.1. The molecule has 0 amide bonds. The van der Waals surface area contributed by atoms with Gasteiger partial charge in [-0.05, 0) is 22.3 Å². The Bertz CT molecular complexity index is 1010. The first kappa shape index (κ1) is 27.0. The van der Waals surface area contributed by atoms with Gasteiger partial charge in [0.25, 0.3) is 0 Å². The Kier molecular flexibility index (Phi) is 11.6. The van der Waals surface area contributed by atoms with E-state index >= 15 is 0 Å². The number of benzene rings is 4. The van der Waals surface area contributed by atoms with Gasteiger partial charge in [-0.25, -0.2) is 0 Å². The molecule has 0 saturated heterocycles. The average molecular weight is 537 g/mol. The molecule has 0 nitrogen and oxygen atoms in total. The molecule has 0 saturated carbocycles. The first-order valence-corrected chi connectivity index (χ1v) is 11.6. The number of rotatable bonds is 6. The van der Waals surface area contributed by atoms with Gasteiger partial charge in [0, 0.05) is 17.4 Å². The molecular weight excluding hydrogens is 517 g/mol. The monoisotopic (exact) mass is 536 g/mol. The van der Waals surface area contributed by atoms with Crippen LogP contribution in [0.5, 0.6) is 0 Å². The van der Waals surface area contributed by atoms with E-state index in [9.17, 15) is 0 Å². The molecule has 0 bridgehead atoms. The molecule has 4 aromatic rings. The van der Waals surface area contributed by atoms with E-state index in [0.717, 1.165) is 41.7 Å². The molecule has 162 valence electrons. The SMILES string of the molecule is S=C(C(=S)c1ccccc1)c1ccccc1.S=C(C(=S)c1ccccc1)c1ccccc1.[Cr]. The van der Waals surface area contributed by atoms with Gasteiger partial charge >= 0.3 is 0 Å². The van der Waals surface area contributed by atoms with Crippen LogP contribution in [0.3, 0.4) is 0 Å². The van der Waals surface area contributed by atoms with E-state index in [4.69, 9.17) is 48.9 Å². The minimum Gasteiger partial charge on any atom is -0.0778 e. The fourth-order valence-corrected chi connectivity index (χ4v) is 3.90. The van der Waals surface area contributed by atoms with Gasteiger partial charge in [0.2, 0.25) is 0 Å². The summed E-state index contributed by atoms with van der Waals surface area (Å²) in [4.78, 5) is 2.95. The summed E-state index contributed by atoms with van der Waals surface area (Å²) in [6, 6.07) is 39.5. The van der Waals surface area contributed by atoms with Crippen LogP contribution in [-0.4, -0.2) is 19.5 Å². The maximum Gasteiger partial charge on any atom is 0.0636 e. The molecule has 0 N–H and O–H groups in total. The first-order chi connectivity index (χ1) is 15.6. The third kappa shape index (κ3) is 7.94. The molecule has 0 aliphatic carbocycles. The fraction of sp³-hybridized carbons (Fsp3) is 0. The van der Waals surface area contributed by atoms with Crippen LogP contribution < -0.4 is 0 Å². The van der Waals surface area contributed by atoms with Crippen molar-refractivity contribution in [1.29, 1.82) is 0 Å². The van der Waals surface area contributed by atoms with E-state index in [1.54, 1.807) is 0 Å². The van der Waals surface area contributed by atoms with Crippen molar-refractivity contribution >= 4 is 68.3 Å². The van der Waals surface area contributed by atoms with Crippen LogP contribution in [0.2, 0.25) is 0 Å². The van der Waals surface area contributed by atoms with Crippen LogP contribution in [0, 0.1) is 0 Å². The van der Waals surface area contributed by atoms with Crippen molar-refractivity contribution in [1.82, 2.24) is 0 Å². The van der Waals surface area contributed by atoms with E-state index in [1.165, 1.54) is 0 Å². The molecule has 33 heavy (non-hydrogen) atoms. The molecule has 0 aliphatic rings. The molecule has 0 heterocycles. The molecule has 4 aromatic carbocycles. The van der Waals surface area contributed by atoms with Gasteiger partial charge in [-0.1, -0.05) is 170 Å². The quantitative estimate of drug-likeness (QED) is 0.183. The van der Waals surface area contributed by atoms with Crippen LogP contribution in [0.25, 0.3) is 0 Å². The fourth-order valence-electron chi connectivity index (χ4n) is 2.88. The van der Waals surface area contributed by atoms with Crippen molar-refractivity contribution in [3.05, 3.63) is 144 Å². The van der Waals surface area contributed by atoms with Crippen molar-refractivity contribution in [2.45, 2.75) is 0 Å². The second kappa shape index (κ2) is 14.1. The maximum atomic E-state index is 5.38. The Morgan fingerprint density at radius 2 is 0.455 bits per heavy atom. The zero-order chi connectivity index (χ0) is 22.8. The Balaban J connectivity index is 0.000000227. The molecular formula is C28H20CrS4. The minimum absolute atomic E-state index is 0. The molecule has 0 unspecified atom stereocenters. The normalized spacial score (nSPS) is 9.45. The maximum absolute atomic E-state index is 5.38. The number of hydrogen-bond acceptors (Lipinski definition) is 4. The summed E-state index contributed by atoms with van der Waals surface area (Å²) in [6.07, 6.45) is 0. The molecule has 0 atom stereocenters. The van der Waals surface area contributed by atoms with Gasteiger partial charge in [-0.2, -0.15) is 0 Å². The van der Waals surface area contributed by atoms with Crippen molar-refractivity contribution in [3.63, 3.8) is 0 Å². The van der Waals surface area contributed by atoms with Crippen molar-refractivity contribution in [3.8, 4) is 0 Å². The van der Waals surface area contributed by atoms with Gasteiger partial charge in [0.1, 0.15) is 0 Å². The summed E-state index contributed by atoms with van der Waals surface area (Å²) in [5, 5.41) is 0. The molecule has 4 rings (SSSR count). The number of hydrogen-bond donors (Lipinski definition) is 0. The third-order valence-corrected chi connectivity index (χ3v) is 6.57. The Morgan fingerprint density at radius 3 is 0.606 bits per heavy atom. The van der Waals surface area contributed by atoms with Crippen molar-refractivity contribution in [2.75, 3.05) is 0 Å². The average Bonchev–Trinajstić information content (AvgIpc) is 2.89. The molecule has 0 radical (unpaired) electrons. The van der Waals surface area contributed by atoms with E-state index < -0.39 is 0 Å². The van der Waals surface area contributed by atoms with Gasteiger partial charge in [-0.15, -0.1) is 0 Å². The molecule has 0 spiro atoms. The van der Waals surface area contributed by atoms with Crippen LogP contribution in [0.1, 0.15) is 22.3 Å². The second-order valence-electron chi connectivity index (χ2n) is 6.78. The van der Waals surface area contributed by atoms with Crippen LogP contribution in [0.4, 0.5) is 0 Å². The van der Waals surface area contributed by atoms with Crippen LogP contribution in [-0.2, 0) is 17.4 Å². The van der Waals surface area contributed by atoms with E-state index in [0.29, 0.717) is 0 Å². The zero-order valence-electron chi connectivity index (χ0n) is 17.6. The Morgan fingerprint density at radius 1 is 0.303 bits per heavy atom. The smallest absolute Gasteiger partial charge is 0.0636 e. The van der Waals surface area contributed by atoms with Gasteiger partial charge in [0.15, 0.2) is 0 Å². The second-order valence-corrected chi connectivity index (χ2v) is 8.41. The van der Waals surface area contributed by atoms with E-state index in [-0.39, 0.29) is 17.4 Å². The predicted octanol–water partition coefficient (Wildman–Crippen LogP) is 7.64. The topological polar surface area (TPSA) is 0 Å². The summed E-state index contributed by atoms with van der Waals surface area (Å²) in [7, 11) is 0. The van der Waals surface area contributed by atoms with Crippen LogP contribution >= 0.6 is 48.9 Å². The molecule has 0 fully saturated rings. The van der Waals surface area contributed by atoms with E-state index in [1.807, 2.05) is 121 Å². The van der Waals surface area contributed by atoms with Gasteiger partial charge in [-0.3, -0.25) is 0 Å². The summed E-state index contributed by atoms with van der Waals surface area (Å²) in [5.41, 5.74) is 4.02. The van der Waals surface area contributed by atoms with Crippen LogP contribution in [0.15, 0.2) is 121 Å². The predicted molar refractivity (Wildman–Crippen MR) is 153 cm³/mol. The van der Waals surface area contributed by atoms with E-state index in [2.05, 4.69) is 0 Å². The Labute approximate surface area is 227 Å². The van der Waals surface area contributed by atoms with Gasteiger partial charge in [0.05, 0.1) is 19.5 Å². The Hall–Kier alpha value is -2.23. The number of thiocarbonyl (C=S) groups is 4. The van der Waals surface area contributed by atoms with Crippen molar-refractivity contribution < 1.29 is 17.4 Å². The van der Waals surface area contributed by atoms with Crippen molar-refractivity contribution in [2.24, 2.45) is 0 Å². The standard InChI is InChI=1S/2C14H10S2.Cr/c2*15-13(11-7-3-1-4-8-11)14(16)12-9-5-2-6-10-12;/h2*1-10H;. The minimum atomic E-state index is 0.